The number of H-pyrrole nitrogens is 1. The molecule has 0 aliphatic rings. The Morgan fingerprint density at radius 3 is 2.67 bits per heavy atom. The van der Waals surface area contributed by atoms with Crippen molar-refractivity contribution < 1.29 is 9.18 Å². The number of benzene rings is 2. The van der Waals surface area contributed by atoms with Crippen LogP contribution in [-0.2, 0) is 0 Å². The summed E-state index contributed by atoms with van der Waals surface area (Å²) in [6, 6.07) is 7.05. The van der Waals surface area contributed by atoms with Gasteiger partial charge in [0.25, 0.3) is 0 Å². The van der Waals surface area contributed by atoms with Gasteiger partial charge in [-0.15, -0.1) is 0 Å². The molecule has 0 saturated heterocycles. The zero-order chi connectivity index (χ0) is 15.1. The van der Waals surface area contributed by atoms with E-state index in [1.807, 2.05) is 0 Å². The van der Waals surface area contributed by atoms with Crippen LogP contribution < -0.4 is 5.73 Å². The molecule has 3 aromatic rings. The maximum Gasteiger partial charge on any atom is 0.198 e. The van der Waals surface area contributed by atoms with Crippen molar-refractivity contribution in [3.05, 3.63) is 63.5 Å². The van der Waals surface area contributed by atoms with E-state index in [1.165, 1.54) is 24.4 Å². The average molecular weight is 323 g/mol. The van der Waals surface area contributed by atoms with Crippen LogP contribution in [0.1, 0.15) is 15.9 Å². The number of rotatable bonds is 2. The molecule has 0 radical (unpaired) electrons. The second-order valence-corrected chi connectivity index (χ2v) is 5.42. The van der Waals surface area contributed by atoms with E-state index in [4.69, 9.17) is 28.9 Å². The van der Waals surface area contributed by atoms with Crippen LogP contribution in [-0.4, -0.2) is 10.8 Å². The molecule has 1 aromatic heterocycles. The van der Waals surface area contributed by atoms with Crippen molar-refractivity contribution in [1.82, 2.24) is 4.98 Å². The van der Waals surface area contributed by atoms with Gasteiger partial charge in [0.2, 0.25) is 0 Å². The molecule has 3 rings (SSSR count). The third-order valence-electron chi connectivity index (χ3n) is 3.18. The van der Waals surface area contributed by atoms with Crippen LogP contribution >= 0.6 is 23.2 Å². The van der Waals surface area contributed by atoms with Crippen molar-refractivity contribution in [2.24, 2.45) is 0 Å². The van der Waals surface area contributed by atoms with Crippen LogP contribution in [0.5, 0.6) is 0 Å². The molecule has 21 heavy (non-hydrogen) atoms. The lowest BCUT2D eigenvalue weighted by atomic mass is 10.0. The minimum atomic E-state index is -0.631. The SMILES string of the molecule is Nc1ccc(F)c(C(=O)c2c[nH]c3cc(Cl)cc(Cl)c23)c1. The fourth-order valence-corrected chi connectivity index (χ4v) is 2.82. The van der Waals surface area contributed by atoms with Gasteiger partial charge in [-0.2, -0.15) is 0 Å². The summed E-state index contributed by atoms with van der Waals surface area (Å²) in [4.78, 5) is 15.4. The van der Waals surface area contributed by atoms with Crippen molar-refractivity contribution in [1.29, 1.82) is 0 Å². The summed E-state index contributed by atoms with van der Waals surface area (Å²) in [7, 11) is 0. The number of nitrogens with one attached hydrogen (secondary N) is 1. The highest BCUT2D eigenvalue weighted by Gasteiger charge is 2.20. The second-order valence-electron chi connectivity index (χ2n) is 4.58. The number of nitrogens with two attached hydrogens (primary N) is 1. The van der Waals surface area contributed by atoms with Gasteiger partial charge in [-0.05, 0) is 30.3 Å². The smallest absolute Gasteiger partial charge is 0.198 e. The van der Waals surface area contributed by atoms with E-state index in [2.05, 4.69) is 4.98 Å². The molecule has 0 amide bonds. The van der Waals surface area contributed by atoms with Crippen molar-refractivity contribution in [2.75, 3.05) is 5.73 Å². The zero-order valence-corrected chi connectivity index (χ0v) is 12.1. The number of hydrogen-bond donors (Lipinski definition) is 2. The zero-order valence-electron chi connectivity index (χ0n) is 10.6. The first-order valence-electron chi connectivity index (χ1n) is 6.03. The van der Waals surface area contributed by atoms with Crippen LogP contribution in [0.4, 0.5) is 10.1 Å². The number of aromatic nitrogens is 1. The quantitative estimate of drug-likeness (QED) is 0.541. The summed E-state index contributed by atoms with van der Waals surface area (Å²) in [5, 5.41) is 1.28. The normalized spacial score (nSPS) is 11.0. The number of aromatic amines is 1. The van der Waals surface area contributed by atoms with E-state index in [-0.39, 0.29) is 11.1 Å². The monoisotopic (exact) mass is 322 g/mol. The van der Waals surface area contributed by atoms with Gasteiger partial charge in [0.1, 0.15) is 5.82 Å². The Kier molecular flexibility index (Phi) is 3.35. The fourth-order valence-electron chi connectivity index (χ4n) is 2.22. The van der Waals surface area contributed by atoms with Crippen LogP contribution in [0.3, 0.4) is 0 Å². The number of carbonyl (C=O) groups is 1. The van der Waals surface area contributed by atoms with Crippen molar-refractivity contribution >= 4 is 45.6 Å². The van der Waals surface area contributed by atoms with E-state index >= 15 is 0 Å². The van der Waals surface area contributed by atoms with Gasteiger partial charge in [-0.25, -0.2) is 4.39 Å². The molecule has 0 bridgehead atoms. The van der Waals surface area contributed by atoms with Crippen LogP contribution in [0.25, 0.3) is 10.9 Å². The van der Waals surface area contributed by atoms with Gasteiger partial charge in [0, 0.05) is 33.4 Å². The van der Waals surface area contributed by atoms with E-state index in [9.17, 15) is 9.18 Å². The van der Waals surface area contributed by atoms with Crippen LogP contribution in [0.2, 0.25) is 10.0 Å². The largest absolute Gasteiger partial charge is 0.399 e. The third kappa shape index (κ3) is 2.37. The average Bonchev–Trinajstić information content (AvgIpc) is 2.84. The maximum atomic E-state index is 13.8. The van der Waals surface area contributed by atoms with Gasteiger partial charge >= 0.3 is 0 Å². The molecule has 0 spiro atoms. The molecule has 6 heteroatoms. The highest BCUT2D eigenvalue weighted by Crippen LogP contribution is 2.32. The van der Waals surface area contributed by atoms with E-state index < -0.39 is 11.6 Å². The molecule has 1 heterocycles. The summed E-state index contributed by atoms with van der Waals surface area (Å²) in [6.07, 6.45) is 1.48. The van der Waals surface area contributed by atoms with Crippen molar-refractivity contribution in [3.8, 4) is 0 Å². The Bertz CT molecular complexity index is 873. The van der Waals surface area contributed by atoms with Gasteiger partial charge in [-0.3, -0.25) is 4.79 Å². The first-order valence-corrected chi connectivity index (χ1v) is 6.79. The number of nitrogen functional groups attached to an aromatic ring is 1. The minimum Gasteiger partial charge on any atom is -0.399 e. The number of halogens is 3. The lowest BCUT2D eigenvalue weighted by Gasteiger charge is -2.04. The highest BCUT2D eigenvalue weighted by atomic mass is 35.5. The number of hydrogen-bond acceptors (Lipinski definition) is 2. The Labute approximate surface area is 129 Å². The molecule has 2 aromatic carbocycles. The molecule has 3 N–H and O–H groups in total. The lowest BCUT2D eigenvalue weighted by molar-refractivity contribution is 0.103. The fraction of sp³-hybridized carbons (Fsp3) is 0. The Hall–Kier alpha value is -2.04. The molecular weight excluding hydrogens is 314 g/mol. The van der Waals surface area contributed by atoms with Gasteiger partial charge in [0.15, 0.2) is 5.78 Å². The summed E-state index contributed by atoms with van der Waals surface area (Å²) in [5.41, 5.74) is 6.71. The molecule has 0 fully saturated rings. The first-order chi connectivity index (χ1) is 9.97. The molecule has 106 valence electrons. The molecule has 3 nitrogen and oxygen atoms in total. The van der Waals surface area contributed by atoms with E-state index in [1.54, 1.807) is 6.07 Å². The van der Waals surface area contributed by atoms with Gasteiger partial charge in [0.05, 0.1) is 10.6 Å². The van der Waals surface area contributed by atoms with E-state index in [0.29, 0.717) is 26.6 Å². The predicted octanol–water partition coefficient (Wildman–Crippen LogP) is 4.43. The predicted molar refractivity (Wildman–Crippen MR) is 82.6 cm³/mol. The molecule has 0 aliphatic carbocycles. The molecule has 0 saturated carbocycles. The minimum absolute atomic E-state index is 0.0954. The van der Waals surface area contributed by atoms with Gasteiger partial charge in [-0.1, -0.05) is 23.2 Å². The number of ketones is 1. The number of fused-ring (bicyclic) bond motifs is 1. The molecule has 0 aliphatic heterocycles. The summed E-state index contributed by atoms with van der Waals surface area (Å²) >= 11 is 12.0. The molecular formula is C15H9Cl2FN2O. The van der Waals surface area contributed by atoms with Crippen LogP contribution in [0.15, 0.2) is 36.5 Å². The summed E-state index contributed by atoms with van der Waals surface area (Å²) in [6.45, 7) is 0. The van der Waals surface area contributed by atoms with Crippen molar-refractivity contribution in [3.63, 3.8) is 0 Å². The summed E-state index contributed by atoms with van der Waals surface area (Å²) in [5.74, 6) is -1.12. The number of carbonyl (C=O) groups excluding carboxylic acids is 1. The maximum absolute atomic E-state index is 13.8. The Morgan fingerprint density at radius 2 is 1.90 bits per heavy atom. The number of anilines is 1. The Balaban J connectivity index is 2.21. The Morgan fingerprint density at radius 1 is 1.14 bits per heavy atom. The third-order valence-corrected chi connectivity index (χ3v) is 3.69. The second kappa shape index (κ2) is 5.06. The first kappa shape index (κ1) is 13.9. The van der Waals surface area contributed by atoms with Crippen LogP contribution in [0, 0.1) is 5.82 Å². The summed E-state index contributed by atoms with van der Waals surface area (Å²) < 4.78 is 13.8. The van der Waals surface area contributed by atoms with E-state index in [0.717, 1.165) is 6.07 Å². The topological polar surface area (TPSA) is 58.9 Å². The standard InChI is InChI=1S/C15H9Cl2FN2O/c16-7-3-11(17)14-10(6-20-13(14)4-7)15(21)9-5-8(19)1-2-12(9)18/h1-6,20H,19H2. The van der Waals surface area contributed by atoms with Crippen molar-refractivity contribution in [2.45, 2.75) is 0 Å². The van der Waals surface area contributed by atoms with Gasteiger partial charge < -0.3 is 10.7 Å². The molecule has 0 unspecified atom stereocenters. The highest BCUT2D eigenvalue weighted by molar-refractivity contribution is 6.40. The molecule has 0 atom stereocenters. The lowest BCUT2D eigenvalue weighted by Crippen LogP contribution is -2.04.